The van der Waals surface area contributed by atoms with Crippen molar-refractivity contribution in [1.29, 1.82) is 0 Å². The van der Waals surface area contributed by atoms with Crippen molar-refractivity contribution in [3.8, 4) is 11.5 Å². The van der Waals surface area contributed by atoms with Gasteiger partial charge in [-0.15, -0.1) is 5.10 Å². The molecule has 1 fully saturated rings. The zero-order chi connectivity index (χ0) is 13.5. The van der Waals surface area contributed by atoms with E-state index in [0.717, 1.165) is 12.1 Å². The highest BCUT2D eigenvalue weighted by Gasteiger charge is 2.49. The molecule has 0 bridgehead atoms. The summed E-state index contributed by atoms with van der Waals surface area (Å²) in [5.41, 5.74) is 0.423. The van der Waals surface area contributed by atoms with Crippen molar-refractivity contribution in [3.63, 3.8) is 0 Å². The lowest BCUT2D eigenvalue weighted by atomic mass is 9.77. The monoisotopic (exact) mass is 259 g/mol. The topological polar surface area (TPSA) is 93.8 Å². The number of pyridine rings is 1. The molecule has 98 valence electrons. The SMILES string of the molecule is Cc1cccc(-c2nnnn2C2(C(=O)O)CCC2)n1. The molecule has 0 spiro atoms. The van der Waals surface area contributed by atoms with Gasteiger partial charge in [-0.25, -0.2) is 14.5 Å². The summed E-state index contributed by atoms with van der Waals surface area (Å²) in [5.74, 6) is -0.481. The third kappa shape index (κ3) is 1.69. The number of aryl methyl sites for hydroxylation is 1. The van der Waals surface area contributed by atoms with E-state index in [1.54, 1.807) is 6.07 Å². The van der Waals surface area contributed by atoms with Gasteiger partial charge in [-0.05, 0) is 48.7 Å². The molecule has 2 aromatic rings. The Hall–Kier alpha value is -2.31. The Morgan fingerprint density at radius 3 is 2.79 bits per heavy atom. The molecule has 1 aliphatic rings. The molecule has 0 unspecified atom stereocenters. The van der Waals surface area contributed by atoms with Gasteiger partial charge in [0.25, 0.3) is 0 Å². The van der Waals surface area contributed by atoms with Crippen molar-refractivity contribution < 1.29 is 9.90 Å². The summed E-state index contributed by atoms with van der Waals surface area (Å²) in [6.07, 6.45) is 1.96. The minimum absolute atomic E-state index is 0.408. The maximum absolute atomic E-state index is 11.5. The number of carbonyl (C=O) groups is 1. The van der Waals surface area contributed by atoms with Crippen LogP contribution in [0.5, 0.6) is 0 Å². The van der Waals surface area contributed by atoms with Crippen LogP contribution in [0.4, 0.5) is 0 Å². The van der Waals surface area contributed by atoms with E-state index in [9.17, 15) is 9.90 Å². The first kappa shape index (κ1) is 11.8. The summed E-state index contributed by atoms with van der Waals surface area (Å²) in [6.45, 7) is 1.87. The van der Waals surface area contributed by atoms with E-state index in [1.165, 1.54) is 4.68 Å². The van der Waals surface area contributed by atoms with Gasteiger partial charge in [0, 0.05) is 5.69 Å². The van der Waals surface area contributed by atoms with Crippen molar-refractivity contribution in [2.45, 2.75) is 31.7 Å². The number of hydrogen-bond donors (Lipinski definition) is 1. The molecule has 7 heteroatoms. The molecule has 0 amide bonds. The molecule has 1 aliphatic carbocycles. The highest BCUT2D eigenvalue weighted by molar-refractivity contribution is 5.78. The normalized spacial score (nSPS) is 16.9. The summed E-state index contributed by atoms with van der Waals surface area (Å²) in [5, 5.41) is 20.9. The van der Waals surface area contributed by atoms with Gasteiger partial charge in [-0.2, -0.15) is 0 Å². The van der Waals surface area contributed by atoms with Crippen molar-refractivity contribution in [1.82, 2.24) is 25.2 Å². The van der Waals surface area contributed by atoms with Crippen LogP contribution in [0.1, 0.15) is 25.0 Å². The van der Waals surface area contributed by atoms with Gasteiger partial charge >= 0.3 is 5.97 Å². The highest BCUT2D eigenvalue weighted by Crippen LogP contribution is 2.40. The molecule has 0 aromatic carbocycles. The molecular formula is C12H13N5O2. The minimum Gasteiger partial charge on any atom is -0.479 e. The molecule has 19 heavy (non-hydrogen) atoms. The quantitative estimate of drug-likeness (QED) is 0.884. The van der Waals surface area contributed by atoms with Crippen molar-refractivity contribution in [3.05, 3.63) is 23.9 Å². The first-order chi connectivity index (χ1) is 9.13. The van der Waals surface area contributed by atoms with Gasteiger partial charge in [0.1, 0.15) is 5.69 Å². The molecule has 7 nitrogen and oxygen atoms in total. The average molecular weight is 259 g/mol. The summed E-state index contributed by atoms with van der Waals surface area (Å²) >= 11 is 0. The van der Waals surface area contributed by atoms with Crippen LogP contribution in [-0.4, -0.2) is 36.3 Å². The first-order valence-electron chi connectivity index (χ1n) is 6.10. The third-order valence-corrected chi connectivity index (χ3v) is 3.57. The lowest BCUT2D eigenvalue weighted by Gasteiger charge is -2.37. The Bertz CT molecular complexity index is 633. The Morgan fingerprint density at radius 2 is 2.21 bits per heavy atom. The van der Waals surface area contributed by atoms with Crippen molar-refractivity contribution in [2.24, 2.45) is 0 Å². The molecule has 2 aromatic heterocycles. The molecule has 2 heterocycles. The van der Waals surface area contributed by atoms with Gasteiger partial charge in [-0.1, -0.05) is 6.07 Å². The standard InChI is InChI=1S/C12H13N5O2/c1-8-4-2-5-9(13-8)10-14-15-16-17(10)12(11(18)19)6-3-7-12/h2,4-5H,3,6-7H2,1H3,(H,18,19). The van der Waals surface area contributed by atoms with E-state index in [4.69, 9.17) is 0 Å². The van der Waals surface area contributed by atoms with Crippen LogP contribution < -0.4 is 0 Å². The largest absolute Gasteiger partial charge is 0.479 e. The predicted molar refractivity (Wildman–Crippen MR) is 65.2 cm³/mol. The van der Waals surface area contributed by atoms with E-state index in [2.05, 4.69) is 20.5 Å². The number of nitrogens with zero attached hydrogens (tertiary/aromatic N) is 5. The van der Waals surface area contributed by atoms with Gasteiger partial charge in [0.15, 0.2) is 5.54 Å². The molecule has 1 N–H and O–H groups in total. The number of hydrogen-bond acceptors (Lipinski definition) is 5. The van der Waals surface area contributed by atoms with Crippen LogP contribution in [0.3, 0.4) is 0 Å². The number of aliphatic carboxylic acids is 1. The van der Waals surface area contributed by atoms with E-state index in [0.29, 0.717) is 24.4 Å². The Labute approximate surface area is 109 Å². The molecule has 0 atom stereocenters. The van der Waals surface area contributed by atoms with Crippen LogP contribution in [0.2, 0.25) is 0 Å². The van der Waals surface area contributed by atoms with Crippen LogP contribution >= 0.6 is 0 Å². The fraction of sp³-hybridized carbons (Fsp3) is 0.417. The van der Waals surface area contributed by atoms with E-state index >= 15 is 0 Å². The molecule has 0 aliphatic heterocycles. The van der Waals surface area contributed by atoms with Crippen LogP contribution in [0.15, 0.2) is 18.2 Å². The second kappa shape index (κ2) is 4.11. The zero-order valence-corrected chi connectivity index (χ0v) is 10.4. The predicted octanol–water partition coefficient (Wildman–Crippen LogP) is 1.01. The number of carboxylic acids is 1. The smallest absolute Gasteiger partial charge is 0.331 e. The number of aromatic nitrogens is 5. The van der Waals surface area contributed by atoms with E-state index < -0.39 is 11.5 Å². The summed E-state index contributed by atoms with van der Waals surface area (Å²) < 4.78 is 1.40. The maximum atomic E-state index is 11.5. The average Bonchev–Trinajstić information content (AvgIpc) is 2.76. The summed E-state index contributed by atoms with van der Waals surface area (Å²) in [4.78, 5) is 15.9. The molecule has 1 saturated carbocycles. The second-order valence-corrected chi connectivity index (χ2v) is 4.77. The molecule has 0 saturated heterocycles. The first-order valence-corrected chi connectivity index (χ1v) is 6.10. The molecule has 0 radical (unpaired) electrons. The van der Waals surface area contributed by atoms with Gasteiger partial charge in [-0.3, -0.25) is 0 Å². The fourth-order valence-corrected chi connectivity index (χ4v) is 2.33. The third-order valence-electron chi connectivity index (χ3n) is 3.57. The van der Waals surface area contributed by atoms with Crippen LogP contribution in [-0.2, 0) is 10.3 Å². The van der Waals surface area contributed by atoms with Crippen molar-refractivity contribution in [2.75, 3.05) is 0 Å². The Kier molecular flexibility index (Phi) is 2.55. The van der Waals surface area contributed by atoms with Gasteiger partial charge in [0.05, 0.1) is 0 Å². The van der Waals surface area contributed by atoms with Gasteiger partial charge < -0.3 is 5.11 Å². The van der Waals surface area contributed by atoms with Crippen LogP contribution in [0, 0.1) is 6.92 Å². The summed E-state index contributed by atoms with van der Waals surface area (Å²) in [6, 6.07) is 5.50. The fourth-order valence-electron chi connectivity index (χ4n) is 2.33. The number of carboxylic acid groups (broad SMARTS) is 1. The van der Waals surface area contributed by atoms with Crippen LogP contribution in [0.25, 0.3) is 11.5 Å². The highest BCUT2D eigenvalue weighted by atomic mass is 16.4. The van der Waals surface area contributed by atoms with Crippen molar-refractivity contribution >= 4 is 5.97 Å². The molecular weight excluding hydrogens is 246 g/mol. The van der Waals surface area contributed by atoms with E-state index in [-0.39, 0.29) is 0 Å². The maximum Gasteiger partial charge on any atom is 0.331 e. The lowest BCUT2D eigenvalue weighted by Crippen LogP contribution is -2.48. The lowest BCUT2D eigenvalue weighted by molar-refractivity contribution is -0.153. The molecule has 3 rings (SSSR count). The Morgan fingerprint density at radius 1 is 1.42 bits per heavy atom. The second-order valence-electron chi connectivity index (χ2n) is 4.77. The summed E-state index contributed by atoms with van der Waals surface area (Å²) in [7, 11) is 0. The Balaban J connectivity index is 2.11. The minimum atomic E-state index is -1.01. The number of rotatable bonds is 3. The zero-order valence-electron chi connectivity index (χ0n) is 10.4. The van der Waals surface area contributed by atoms with Gasteiger partial charge in [0.2, 0.25) is 5.82 Å². The van der Waals surface area contributed by atoms with E-state index in [1.807, 2.05) is 19.1 Å². The number of tetrazole rings is 1.